The molecule has 0 aromatic heterocycles. The summed E-state index contributed by atoms with van der Waals surface area (Å²) in [7, 11) is 0. The van der Waals surface area contributed by atoms with E-state index < -0.39 is 11.7 Å². The standard InChI is InChI=1S/C14H11ClFN3O2/c15-12-10(2-1-3-11(12)16)14(20)18-9-6-4-8(5-7-9)13(17)19-21/h1-7,21H,(H2,17,19)(H,18,20). The highest BCUT2D eigenvalue weighted by Crippen LogP contribution is 2.21. The number of rotatable bonds is 3. The normalized spacial score (nSPS) is 11.2. The number of nitrogens with zero attached hydrogens (tertiary/aromatic N) is 1. The highest BCUT2D eigenvalue weighted by atomic mass is 35.5. The molecule has 0 radical (unpaired) electrons. The van der Waals surface area contributed by atoms with Gasteiger partial charge in [0.1, 0.15) is 5.82 Å². The number of carbonyl (C=O) groups is 1. The molecule has 0 unspecified atom stereocenters. The largest absolute Gasteiger partial charge is 0.409 e. The molecule has 0 atom stereocenters. The van der Waals surface area contributed by atoms with Crippen molar-refractivity contribution in [3.63, 3.8) is 0 Å². The van der Waals surface area contributed by atoms with Crippen molar-refractivity contribution in [1.29, 1.82) is 0 Å². The van der Waals surface area contributed by atoms with Gasteiger partial charge in [0, 0.05) is 11.3 Å². The first-order valence-electron chi connectivity index (χ1n) is 5.86. The highest BCUT2D eigenvalue weighted by molar-refractivity contribution is 6.34. The Kier molecular flexibility index (Phi) is 4.39. The summed E-state index contributed by atoms with van der Waals surface area (Å²) in [6.07, 6.45) is 0. The minimum Gasteiger partial charge on any atom is -0.409 e. The van der Waals surface area contributed by atoms with Crippen LogP contribution in [0.3, 0.4) is 0 Å². The minimum atomic E-state index is -0.661. The van der Waals surface area contributed by atoms with Crippen LogP contribution in [0.1, 0.15) is 15.9 Å². The van der Waals surface area contributed by atoms with Crippen molar-refractivity contribution in [2.75, 3.05) is 5.32 Å². The lowest BCUT2D eigenvalue weighted by molar-refractivity contribution is 0.102. The number of nitrogens with two attached hydrogens (primary N) is 1. The van der Waals surface area contributed by atoms with Gasteiger partial charge < -0.3 is 16.3 Å². The van der Waals surface area contributed by atoms with Crippen molar-refractivity contribution < 1.29 is 14.4 Å². The third kappa shape index (κ3) is 3.29. The Hall–Kier alpha value is -2.60. The minimum absolute atomic E-state index is 0.0391. The molecule has 0 fully saturated rings. The third-order valence-corrected chi connectivity index (χ3v) is 3.13. The highest BCUT2D eigenvalue weighted by Gasteiger charge is 2.13. The fourth-order valence-corrected chi connectivity index (χ4v) is 1.87. The maximum absolute atomic E-state index is 13.3. The third-order valence-electron chi connectivity index (χ3n) is 2.74. The van der Waals surface area contributed by atoms with Crippen molar-refractivity contribution in [1.82, 2.24) is 0 Å². The molecule has 5 nitrogen and oxygen atoms in total. The molecule has 0 aliphatic rings. The molecule has 21 heavy (non-hydrogen) atoms. The zero-order valence-corrected chi connectivity index (χ0v) is 11.4. The molecule has 0 spiro atoms. The van der Waals surface area contributed by atoms with Crippen LogP contribution in [0.15, 0.2) is 47.6 Å². The van der Waals surface area contributed by atoms with Crippen molar-refractivity contribution in [3.05, 3.63) is 64.4 Å². The Morgan fingerprint density at radius 3 is 2.52 bits per heavy atom. The molecule has 0 aliphatic heterocycles. The van der Waals surface area contributed by atoms with E-state index >= 15 is 0 Å². The van der Waals surface area contributed by atoms with Crippen molar-refractivity contribution >= 4 is 29.0 Å². The molecule has 2 aromatic rings. The molecule has 0 saturated carbocycles. The van der Waals surface area contributed by atoms with E-state index in [0.29, 0.717) is 11.3 Å². The van der Waals surface area contributed by atoms with Gasteiger partial charge in [-0.2, -0.15) is 0 Å². The number of hydrogen-bond donors (Lipinski definition) is 3. The smallest absolute Gasteiger partial charge is 0.257 e. The summed E-state index contributed by atoms with van der Waals surface area (Å²) in [4.78, 5) is 12.0. The van der Waals surface area contributed by atoms with Gasteiger partial charge >= 0.3 is 0 Å². The van der Waals surface area contributed by atoms with Crippen LogP contribution >= 0.6 is 11.6 Å². The van der Waals surface area contributed by atoms with Crippen LogP contribution in [0.5, 0.6) is 0 Å². The van der Waals surface area contributed by atoms with Gasteiger partial charge in [0.25, 0.3) is 5.91 Å². The molecule has 0 heterocycles. The Morgan fingerprint density at radius 1 is 1.24 bits per heavy atom. The zero-order chi connectivity index (χ0) is 15.4. The first-order valence-corrected chi connectivity index (χ1v) is 6.24. The summed E-state index contributed by atoms with van der Waals surface area (Å²) < 4.78 is 13.3. The van der Waals surface area contributed by atoms with Gasteiger partial charge in [-0.05, 0) is 36.4 Å². The lowest BCUT2D eigenvalue weighted by Gasteiger charge is -2.08. The summed E-state index contributed by atoms with van der Waals surface area (Å²) in [5, 5.41) is 13.8. The van der Waals surface area contributed by atoms with Gasteiger partial charge in [-0.15, -0.1) is 0 Å². The number of halogens is 2. The summed E-state index contributed by atoms with van der Waals surface area (Å²) in [6, 6.07) is 10.3. The van der Waals surface area contributed by atoms with Gasteiger partial charge in [-0.25, -0.2) is 4.39 Å². The van der Waals surface area contributed by atoms with Crippen LogP contribution in [0.25, 0.3) is 0 Å². The molecule has 2 aromatic carbocycles. The van der Waals surface area contributed by atoms with Crippen molar-refractivity contribution in [3.8, 4) is 0 Å². The van der Waals surface area contributed by atoms with Crippen LogP contribution < -0.4 is 11.1 Å². The van der Waals surface area contributed by atoms with E-state index in [1.54, 1.807) is 24.3 Å². The molecular formula is C14H11ClFN3O2. The number of amidine groups is 1. The molecule has 0 aliphatic carbocycles. The molecule has 0 bridgehead atoms. The number of benzene rings is 2. The topological polar surface area (TPSA) is 87.7 Å². The molecule has 4 N–H and O–H groups in total. The number of anilines is 1. The molecule has 1 amide bonds. The summed E-state index contributed by atoms with van der Waals surface area (Å²) in [5.41, 5.74) is 6.43. The predicted molar refractivity (Wildman–Crippen MR) is 78.3 cm³/mol. The lowest BCUT2D eigenvalue weighted by atomic mass is 10.1. The van der Waals surface area contributed by atoms with Crippen LogP contribution in [0.2, 0.25) is 5.02 Å². The molecule has 2 rings (SSSR count). The fraction of sp³-hybridized carbons (Fsp3) is 0. The van der Waals surface area contributed by atoms with Crippen LogP contribution in [0.4, 0.5) is 10.1 Å². The van der Waals surface area contributed by atoms with E-state index in [9.17, 15) is 9.18 Å². The van der Waals surface area contributed by atoms with Crippen LogP contribution in [-0.4, -0.2) is 17.0 Å². The quantitative estimate of drug-likeness (QED) is 0.352. The predicted octanol–water partition coefficient (Wildman–Crippen LogP) is 2.83. The average molecular weight is 308 g/mol. The van der Waals surface area contributed by atoms with E-state index in [1.165, 1.54) is 18.2 Å². The van der Waals surface area contributed by atoms with E-state index in [2.05, 4.69) is 10.5 Å². The average Bonchev–Trinajstić information content (AvgIpc) is 2.50. The summed E-state index contributed by atoms with van der Waals surface area (Å²) >= 11 is 5.74. The Bertz CT molecular complexity index is 702. The van der Waals surface area contributed by atoms with Crippen molar-refractivity contribution in [2.24, 2.45) is 10.9 Å². The lowest BCUT2D eigenvalue weighted by Crippen LogP contribution is -2.14. The summed E-state index contributed by atoms with van der Waals surface area (Å²) in [6.45, 7) is 0. The molecule has 0 saturated heterocycles. The Balaban J connectivity index is 2.18. The van der Waals surface area contributed by atoms with Gasteiger partial charge in [0.15, 0.2) is 5.84 Å². The second-order valence-electron chi connectivity index (χ2n) is 4.12. The van der Waals surface area contributed by atoms with Crippen LogP contribution in [-0.2, 0) is 0 Å². The Labute approximate surface area is 124 Å². The fourth-order valence-electron chi connectivity index (χ4n) is 1.66. The first-order chi connectivity index (χ1) is 10.0. The number of amides is 1. The number of hydrogen-bond acceptors (Lipinski definition) is 3. The van der Waals surface area contributed by atoms with Gasteiger partial charge in [0.2, 0.25) is 0 Å². The van der Waals surface area contributed by atoms with E-state index in [-0.39, 0.29) is 16.4 Å². The van der Waals surface area contributed by atoms with E-state index in [4.69, 9.17) is 22.5 Å². The van der Waals surface area contributed by atoms with Gasteiger partial charge in [-0.3, -0.25) is 4.79 Å². The SMILES string of the molecule is N/C(=N/O)c1ccc(NC(=O)c2cccc(F)c2Cl)cc1. The monoisotopic (exact) mass is 307 g/mol. The maximum atomic E-state index is 13.3. The summed E-state index contributed by atoms with van der Waals surface area (Å²) in [5.74, 6) is -1.23. The number of nitrogens with one attached hydrogen (secondary N) is 1. The molecular weight excluding hydrogens is 297 g/mol. The van der Waals surface area contributed by atoms with Gasteiger partial charge in [-0.1, -0.05) is 22.8 Å². The molecule has 108 valence electrons. The number of oxime groups is 1. The second-order valence-corrected chi connectivity index (χ2v) is 4.50. The van der Waals surface area contributed by atoms with E-state index in [1.807, 2.05) is 0 Å². The number of carbonyl (C=O) groups excluding carboxylic acids is 1. The molecule has 7 heteroatoms. The first kappa shape index (κ1) is 14.8. The maximum Gasteiger partial charge on any atom is 0.257 e. The zero-order valence-electron chi connectivity index (χ0n) is 10.7. The van der Waals surface area contributed by atoms with Crippen LogP contribution in [0, 0.1) is 5.82 Å². The Morgan fingerprint density at radius 2 is 1.90 bits per heavy atom. The van der Waals surface area contributed by atoms with E-state index in [0.717, 1.165) is 0 Å². The van der Waals surface area contributed by atoms with Gasteiger partial charge in [0.05, 0.1) is 10.6 Å². The van der Waals surface area contributed by atoms with Crippen molar-refractivity contribution in [2.45, 2.75) is 0 Å². The second kappa shape index (κ2) is 6.23.